The van der Waals surface area contributed by atoms with E-state index < -0.39 is 8.24 Å². The summed E-state index contributed by atoms with van der Waals surface area (Å²) in [6.45, 7) is 6.50. The number of aromatic nitrogens is 2. The van der Waals surface area contributed by atoms with Crippen molar-refractivity contribution in [1.29, 1.82) is 0 Å². The molecule has 0 spiro atoms. The van der Waals surface area contributed by atoms with Crippen LogP contribution in [0.5, 0.6) is 0 Å². The van der Waals surface area contributed by atoms with Crippen molar-refractivity contribution in [2.24, 2.45) is 7.05 Å². The topological polar surface area (TPSA) is 38.1 Å². The van der Waals surface area contributed by atoms with Crippen molar-refractivity contribution in [3.05, 3.63) is 60.4 Å². The molecule has 0 fully saturated rings. The van der Waals surface area contributed by atoms with E-state index in [1.807, 2.05) is 70.8 Å². The zero-order valence-electron chi connectivity index (χ0n) is 13.9. The predicted molar refractivity (Wildman–Crippen MR) is 97.3 cm³/mol. The minimum absolute atomic E-state index is 0.0333. The van der Waals surface area contributed by atoms with Crippen molar-refractivity contribution in [3.8, 4) is 0 Å². The number of hydrogen-bond donors (Lipinski definition) is 0. The number of nitrogens with zero attached hydrogens (tertiary/aromatic N) is 3. The number of para-hydroxylation sites is 3. The van der Waals surface area contributed by atoms with Gasteiger partial charge in [-0.1, -0.05) is 50.0 Å². The van der Waals surface area contributed by atoms with E-state index in [1.54, 1.807) is 0 Å². The lowest BCUT2D eigenvalue weighted by molar-refractivity contribution is 0.0991. The number of fused-ring (bicyclic) bond motifs is 1. The van der Waals surface area contributed by atoms with Crippen LogP contribution in [0.2, 0.25) is 19.6 Å². The summed E-state index contributed by atoms with van der Waals surface area (Å²) in [7, 11) is -0.0160. The normalized spacial score (nSPS) is 11.7. The van der Waals surface area contributed by atoms with Gasteiger partial charge < -0.3 is 9.13 Å². The third kappa shape index (κ3) is 2.79. The van der Waals surface area contributed by atoms with E-state index in [0.29, 0.717) is 5.82 Å². The predicted octanol–water partition coefficient (Wildman–Crippen LogP) is 4.06. The molecule has 0 aliphatic rings. The lowest BCUT2D eigenvalue weighted by Gasteiger charge is -2.34. The van der Waals surface area contributed by atoms with E-state index in [1.165, 1.54) is 0 Å². The third-order valence-electron chi connectivity index (χ3n) is 3.87. The van der Waals surface area contributed by atoms with Crippen molar-refractivity contribution in [2.45, 2.75) is 19.6 Å². The smallest absolute Gasteiger partial charge is 0.286 e. The molecule has 0 saturated heterocycles. The molecule has 1 aromatic heterocycles. The Labute approximate surface area is 137 Å². The number of carbonyl (C=O) groups excluding carboxylic acids is 1. The van der Waals surface area contributed by atoms with Crippen LogP contribution >= 0.6 is 0 Å². The Balaban J connectivity index is 2.13. The number of anilines is 1. The second-order valence-corrected chi connectivity index (χ2v) is 11.4. The van der Waals surface area contributed by atoms with Gasteiger partial charge in [-0.15, -0.1) is 0 Å². The average Bonchev–Trinajstić information content (AvgIpc) is 2.85. The molecule has 0 radical (unpaired) electrons. The molecule has 0 aliphatic carbocycles. The van der Waals surface area contributed by atoms with Crippen molar-refractivity contribution >= 4 is 30.9 Å². The van der Waals surface area contributed by atoms with E-state index in [0.717, 1.165) is 16.7 Å². The molecule has 0 atom stereocenters. The van der Waals surface area contributed by atoms with Gasteiger partial charge >= 0.3 is 0 Å². The molecule has 118 valence electrons. The second kappa shape index (κ2) is 5.66. The molecule has 0 N–H and O–H groups in total. The molecule has 0 unspecified atom stereocenters. The highest BCUT2D eigenvalue weighted by Gasteiger charge is 2.33. The third-order valence-corrected chi connectivity index (χ3v) is 5.67. The minimum Gasteiger partial charge on any atom is -0.334 e. The minimum atomic E-state index is -1.91. The first kappa shape index (κ1) is 15.5. The van der Waals surface area contributed by atoms with E-state index in [4.69, 9.17) is 0 Å². The highest BCUT2D eigenvalue weighted by molar-refractivity contribution is 6.83. The van der Waals surface area contributed by atoms with Gasteiger partial charge in [-0.05, 0) is 24.3 Å². The molecule has 3 aromatic rings. The highest BCUT2D eigenvalue weighted by Crippen LogP contribution is 2.25. The van der Waals surface area contributed by atoms with Crippen LogP contribution in [0.25, 0.3) is 11.0 Å². The Morgan fingerprint density at radius 2 is 1.61 bits per heavy atom. The van der Waals surface area contributed by atoms with Crippen molar-refractivity contribution < 1.29 is 4.79 Å². The molecule has 1 amide bonds. The van der Waals surface area contributed by atoms with Crippen LogP contribution in [-0.2, 0) is 7.05 Å². The van der Waals surface area contributed by atoms with Gasteiger partial charge in [0.05, 0.1) is 11.0 Å². The average molecular weight is 323 g/mol. The van der Waals surface area contributed by atoms with Gasteiger partial charge in [0.1, 0.15) is 0 Å². The summed E-state index contributed by atoms with van der Waals surface area (Å²) >= 11 is 0. The molecule has 0 bridgehead atoms. The van der Waals surface area contributed by atoms with Crippen LogP contribution in [0.3, 0.4) is 0 Å². The van der Waals surface area contributed by atoms with Crippen LogP contribution in [0.15, 0.2) is 54.6 Å². The van der Waals surface area contributed by atoms with E-state index in [9.17, 15) is 4.79 Å². The molecule has 5 heteroatoms. The van der Waals surface area contributed by atoms with Crippen LogP contribution in [0.1, 0.15) is 10.6 Å². The summed E-state index contributed by atoms with van der Waals surface area (Å²) in [5, 5.41) is 0. The van der Waals surface area contributed by atoms with Crippen LogP contribution < -0.4 is 4.57 Å². The van der Waals surface area contributed by atoms with Gasteiger partial charge in [0.2, 0.25) is 0 Å². The number of benzene rings is 2. The fourth-order valence-electron chi connectivity index (χ4n) is 2.82. The van der Waals surface area contributed by atoms with Gasteiger partial charge in [0, 0.05) is 12.7 Å². The van der Waals surface area contributed by atoms with Crippen molar-refractivity contribution in [1.82, 2.24) is 9.55 Å². The summed E-state index contributed by atoms with van der Waals surface area (Å²) in [4.78, 5) is 17.8. The number of amides is 1. The van der Waals surface area contributed by atoms with E-state index in [-0.39, 0.29) is 5.91 Å². The van der Waals surface area contributed by atoms with E-state index >= 15 is 0 Å². The summed E-state index contributed by atoms with van der Waals surface area (Å²) < 4.78 is 3.82. The van der Waals surface area contributed by atoms with Crippen molar-refractivity contribution in [2.75, 3.05) is 4.57 Å². The first-order valence-electron chi connectivity index (χ1n) is 7.70. The molecule has 1 heterocycles. The first-order chi connectivity index (χ1) is 10.9. The van der Waals surface area contributed by atoms with Gasteiger partial charge in [0.25, 0.3) is 5.91 Å². The molecule has 23 heavy (non-hydrogen) atoms. The lowest BCUT2D eigenvalue weighted by atomic mass is 10.3. The Kier molecular flexibility index (Phi) is 3.81. The molecular weight excluding hydrogens is 302 g/mol. The maximum Gasteiger partial charge on any atom is 0.286 e. The largest absolute Gasteiger partial charge is 0.334 e. The number of hydrogen-bond acceptors (Lipinski definition) is 2. The first-order valence-corrected chi connectivity index (χ1v) is 11.2. The Hall–Kier alpha value is -2.40. The molecule has 0 aliphatic heterocycles. The van der Waals surface area contributed by atoms with Gasteiger partial charge in [-0.3, -0.25) is 4.79 Å². The molecule has 2 aromatic carbocycles. The zero-order valence-corrected chi connectivity index (χ0v) is 14.9. The maximum absolute atomic E-state index is 13.3. The molecule has 0 saturated carbocycles. The maximum atomic E-state index is 13.3. The molecular formula is C18H21N3OSi. The number of imidazole rings is 1. The number of carbonyl (C=O) groups is 1. The molecule has 3 rings (SSSR count). The zero-order chi connectivity index (χ0) is 16.6. The van der Waals surface area contributed by atoms with Gasteiger partial charge in [0.15, 0.2) is 14.1 Å². The van der Waals surface area contributed by atoms with Gasteiger partial charge in [-0.2, -0.15) is 0 Å². The number of rotatable bonds is 3. The Morgan fingerprint density at radius 1 is 1.00 bits per heavy atom. The van der Waals surface area contributed by atoms with Crippen LogP contribution in [0, 0.1) is 0 Å². The monoisotopic (exact) mass is 323 g/mol. The second-order valence-electron chi connectivity index (χ2n) is 6.63. The van der Waals surface area contributed by atoms with Gasteiger partial charge in [-0.25, -0.2) is 4.98 Å². The van der Waals surface area contributed by atoms with Crippen molar-refractivity contribution in [3.63, 3.8) is 0 Å². The quantitative estimate of drug-likeness (QED) is 0.682. The Bertz CT molecular complexity index is 850. The Morgan fingerprint density at radius 3 is 2.22 bits per heavy atom. The summed E-state index contributed by atoms with van der Waals surface area (Å²) in [6.07, 6.45) is 0. The van der Waals surface area contributed by atoms with Crippen LogP contribution in [0.4, 0.5) is 5.69 Å². The molecule has 4 nitrogen and oxygen atoms in total. The highest BCUT2D eigenvalue weighted by atomic mass is 28.3. The lowest BCUT2D eigenvalue weighted by Crippen LogP contribution is -2.50. The SMILES string of the molecule is Cn1c(C(=O)N(c2ccccc2)[Si](C)(C)C)nc2ccccc21. The van der Waals surface area contributed by atoms with E-state index in [2.05, 4.69) is 24.6 Å². The summed E-state index contributed by atoms with van der Waals surface area (Å²) in [6, 6.07) is 17.7. The van der Waals surface area contributed by atoms with Crippen LogP contribution in [-0.4, -0.2) is 23.7 Å². The standard InChI is InChI=1S/C18H21N3OSi/c1-20-16-13-9-8-12-15(16)19-17(20)18(22)21(23(2,3)4)14-10-6-5-7-11-14/h5-13H,1-4H3. The fourth-order valence-corrected chi connectivity index (χ4v) is 4.46. The summed E-state index contributed by atoms with van der Waals surface area (Å²) in [5.41, 5.74) is 2.75. The summed E-state index contributed by atoms with van der Waals surface area (Å²) in [5.74, 6) is 0.451. The fraction of sp³-hybridized carbons (Fsp3) is 0.222. The number of aryl methyl sites for hydroxylation is 1.